The van der Waals surface area contributed by atoms with Crippen molar-refractivity contribution in [2.45, 2.75) is 289 Å². The molecule has 13 nitrogen and oxygen atoms in total. The van der Waals surface area contributed by atoms with Gasteiger partial charge in [0, 0.05) is 6.92 Å². The summed E-state index contributed by atoms with van der Waals surface area (Å²) in [6.45, 7) is 7.22. The zero-order chi connectivity index (χ0) is 48.0. The van der Waals surface area contributed by atoms with E-state index in [4.69, 9.17) is 20.2 Å². The molecule has 0 saturated carbocycles. The van der Waals surface area contributed by atoms with Gasteiger partial charge in [-0.15, -0.1) is 0 Å². The quantitative estimate of drug-likeness (QED) is 0.0220. The molecule has 0 aliphatic carbocycles. The second-order valence-corrected chi connectivity index (χ2v) is 19.9. The van der Waals surface area contributed by atoms with Crippen LogP contribution >= 0.6 is 7.82 Å². The van der Waals surface area contributed by atoms with E-state index in [1.54, 1.807) is 0 Å². The summed E-state index contributed by atoms with van der Waals surface area (Å²) in [5.41, 5.74) is 0. The van der Waals surface area contributed by atoms with Crippen LogP contribution in [0.3, 0.4) is 0 Å². The van der Waals surface area contributed by atoms with E-state index in [0.29, 0.717) is 19.3 Å². The Morgan fingerprint density at radius 3 is 1.42 bits per heavy atom. The summed E-state index contributed by atoms with van der Waals surface area (Å²) in [5.74, 6) is -2.54. The lowest BCUT2D eigenvalue weighted by Gasteiger charge is -2.44. The Bertz CT molecular complexity index is 1230. The zero-order valence-electron chi connectivity index (χ0n) is 42.0. The van der Waals surface area contributed by atoms with Gasteiger partial charge in [0.05, 0.1) is 18.4 Å². The molecule has 0 aromatic heterocycles. The normalized spacial score (nSPS) is 20.9. The second kappa shape index (κ2) is 39.4. The first-order valence-corrected chi connectivity index (χ1v) is 27.7. The van der Waals surface area contributed by atoms with Crippen LogP contribution in [0.1, 0.15) is 252 Å². The third-order valence-corrected chi connectivity index (χ3v) is 13.2. The Hall–Kier alpha value is -1.60. The largest absolute Gasteiger partial charge is 0.470 e. The lowest BCUT2D eigenvalue weighted by atomic mass is 9.92. The van der Waals surface area contributed by atoms with Crippen molar-refractivity contribution >= 4 is 25.7 Å². The van der Waals surface area contributed by atoms with Crippen LogP contribution in [0.4, 0.5) is 0 Å². The van der Waals surface area contributed by atoms with Crippen molar-refractivity contribution in [2.24, 2.45) is 5.92 Å². The third kappa shape index (κ3) is 32.2. The first-order valence-electron chi connectivity index (χ1n) is 26.6. The predicted octanol–water partition coefficient (Wildman–Crippen LogP) is 11.8. The molecule has 1 saturated heterocycles. The van der Waals surface area contributed by atoms with Crippen LogP contribution in [0.5, 0.6) is 0 Å². The van der Waals surface area contributed by atoms with Crippen molar-refractivity contribution in [3.8, 4) is 0 Å². The summed E-state index contributed by atoms with van der Waals surface area (Å²) >= 11 is 0. The number of aliphatic hydroxyl groups excluding tert-OH is 2. The topological polar surface area (TPSA) is 198 Å². The molecule has 14 heteroatoms. The van der Waals surface area contributed by atoms with Crippen LogP contribution in [0, 0.1) is 5.92 Å². The highest BCUT2D eigenvalue weighted by Crippen LogP contribution is 2.42. The number of carbonyl (C=O) groups excluding carboxylic acids is 3. The number of amides is 1. The maximum atomic E-state index is 14.3. The van der Waals surface area contributed by atoms with Crippen molar-refractivity contribution in [3.63, 3.8) is 0 Å². The summed E-state index contributed by atoms with van der Waals surface area (Å²) in [6, 6.07) is -1.51. The third-order valence-electron chi connectivity index (χ3n) is 12.7. The number of aliphatic hydroxyl groups is 2. The van der Waals surface area contributed by atoms with Crippen LogP contribution < -0.4 is 5.32 Å². The number of hydrogen-bond acceptors (Lipinski definition) is 11. The molecule has 378 valence electrons. The van der Waals surface area contributed by atoms with Gasteiger partial charge in [0.25, 0.3) is 0 Å². The van der Waals surface area contributed by atoms with Gasteiger partial charge >= 0.3 is 19.8 Å². The van der Waals surface area contributed by atoms with Gasteiger partial charge in [-0.3, -0.25) is 18.9 Å². The molecule has 1 amide bonds. The average Bonchev–Trinajstić information content (AvgIpc) is 3.27. The van der Waals surface area contributed by atoms with Crippen molar-refractivity contribution in [2.75, 3.05) is 6.61 Å². The fraction of sp³-hybridized carbons (Fsp3) is 0.940. The van der Waals surface area contributed by atoms with Crippen LogP contribution in [-0.2, 0) is 37.7 Å². The van der Waals surface area contributed by atoms with Gasteiger partial charge in [0.1, 0.15) is 24.9 Å². The molecule has 5 N–H and O–H groups in total. The predicted molar refractivity (Wildman–Crippen MR) is 254 cm³/mol. The molecule has 0 radical (unpaired) electrons. The van der Waals surface area contributed by atoms with Gasteiger partial charge in [-0.1, -0.05) is 220 Å². The molecular formula is C50H96NO12P. The Labute approximate surface area is 390 Å². The van der Waals surface area contributed by atoms with E-state index in [1.807, 2.05) is 0 Å². The number of esters is 2. The molecule has 1 heterocycles. The monoisotopic (exact) mass is 935 g/mol. The van der Waals surface area contributed by atoms with E-state index in [0.717, 1.165) is 84.0 Å². The molecule has 1 aliphatic rings. The first kappa shape index (κ1) is 58.5. The SMILES string of the molecule is [2H]OP(=O)(O)O[C@H]1[C@H](OC(=O)C(CCCCCCCCCCCC)CCCCCCCCCCCCCC)[C@@H](NC(=O)C[C@H](O)CCCCCCCCCCC)C(O)O[C@@H]1COC(C)=O. The fourth-order valence-electron chi connectivity index (χ4n) is 8.80. The minimum absolute atomic E-state index is 0.308. The summed E-state index contributed by atoms with van der Waals surface area (Å²) in [6.07, 6.45) is 29.1. The Kier molecular flexibility index (Phi) is 36.0. The highest BCUT2D eigenvalue weighted by Gasteiger charge is 2.52. The van der Waals surface area contributed by atoms with Gasteiger partial charge in [0.15, 0.2) is 12.4 Å². The molecule has 3 unspecified atom stereocenters. The Balaban J connectivity index is 3.13. The van der Waals surface area contributed by atoms with Gasteiger partial charge in [0.2, 0.25) is 7.34 Å². The highest BCUT2D eigenvalue weighted by molar-refractivity contribution is 7.46. The van der Waals surface area contributed by atoms with Crippen molar-refractivity contribution < 1.29 is 57.7 Å². The lowest BCUT2D eigenvalue weighted by Crippen LogP contribution is -2.66. The number of nitrogens with one attached hydrogen (secondary N) is 1. The second-order valence-electron chi connectivity index (χ2n) is 18.7. The summed E-state index contributed by atoms with van der Waals surface area (Å²) in [4.78, 5) is 53.9. The number of phosphoric ester groups is 1. The van der Waals surface area contributed by atoms with Crippen LogP contribution in [0.25, 0.3) is 0 Å². The van der Waals surface area contributed by atoms with E-state index < -0.39 is 74.9 Å². The van der Waals surface area contributed by atoms with Gasteiger partial charge in [-0.05, 0) is 19.3 Å². The number of hydrogen-bond donors (Lipinski definition) is 5. The number of unbranched alkanes of at least 4 members (excludes halogenated alkanes) is 28. The summed E-state index contributed by atoms with van der Waals surface area (Å²) in [7, 11) is -5.12. The standard InChI is InChI=1S/C50H96NO12P/c1-5-8-11-14-17-20-22-23-26-28-31-34-37-42(36-33-30-27-25-21-18-15-12-9-6-2)49(55)62-48-46(50(56)61-44(40-60-41(4)52)47(48)63-64(57,58)59)51-45(54)39-43(53)38-35-32-29-24-19-16-13-10-7-3/h42-44,46-48,50,53,56H,5-40H2,1-4H3,(H,51,54)(H2,57,58,59)/t42?,43-,44-,46-,47-,48-,50?/m1/s1/i/hD. The maximum Gasteiger partial charge on any atom is 0.470 e. The van der Waals surface area contributed by atoms with E-state index in [2.05, 4.69) is 31.0 Å². The summed E-state index contributed by atoms with van der Waals surface area (Å²) < 4.78 is 42.3. The molecule has 1 fully saturated rings. The molecule has 0 spiro atoms. The molecule has 1 rings (SSSR count). The minimum atomic E-state index is -5.12. The Morgan fingerprint density at radius 1 is 0.641 bits per heavy atom. The van der Waals surface area contributed by atoms with E-state index in [-0.39, 0.29) is 6.42 Å². The smallest absolute Gasteiger partial charge is 0.463 e. The molecule has 8 atom stereocenters. The summed E-state index contributed by atoms with van der Waals surface area (Å²) in [5, 5.41) is 24.7. The number of phosphoric acid groups is 1. The fourth-order valence-corrected chi connectivity index (χ4v) is 9.36. The molecule has 0 aromatic carbocycles. The van der Waals surface area contributed by atoms with Crippen molar-refractivity contribution in [1.29, 1.82) is 1.43 Å². The first-order chi connectivity index (χ1) is 31.4. The van der Waals surface area contributed by atoms with Crippen LogP contribution in [0.15, 0.2) is 0 Å². The van der Waals surface area contributed by atoms with Gasteiger partial charge < -0.3 is 39.5 Å². The van der Waals surface area contributed by atoms with Crippen molar-refractivity contribution in [1.82, 2.24) is 5.32 Å². The molecule has 0 bridgehead atoms. The molecule has 64 heavy (non-hydrogen) atoms. The number of carbonyl (C=O) groups is 3. The molecule has 0 aromatic rings. The number of rotatable bonds is 44. The van der Waals surface area contributed by atoms with Gasteiger partial charge in [-0.25, -0.2) is 4.57 Å². The number of ether oxygens (including phenoxy) is 3. The highest BCUT2D eigenvalue weighted by atomic mass is 31.2. The maximum absolute atomic E-state index is 14.3. The van der Waals surface area contributed by atoms with E-state index >= 15 is 0 Å². The molecule has 1 aliphatic heterocycles. The van der Waals surface area contributed by atoms with Crippen molar-refractivity contribution in [3.05, 3.63) is 0 Å². The lowest BCUT2D eigenvalue weighted by molar-refractivity contribution is -0.258. The Morgan fingerprint density at radius 2 is 1.03 bits per heavy atom. The van der Waals surface area contributed by atoms with Gasteiger partial charge in [-0.2, -0.15) is 0 Å². The van der Waals surface area contributed by atoms with E-state index in [9.17, 15) is 34.1 Å². The molecular weight excluding hydrogens is 838 g/mol. The van der Waals surface area contributed by atoms with Crippen LogP contribution in [-0.4, -0.2) is 82.6 Å². The van der Waals surface area contributed by atoms with Crippen LogP contribution in [0.2, 0.25) is 0 Å². The minimum Gasteiger partial charge on any atom is -0.463 e. The zero-order valence-corrected chi connectivity index (χ0v) is 41.9. The average molecular weight is 935 g/mol. The van der Waals surface area contributed by atoms with E-state index in [1.165, 1.54) is 122 Å².